The van der Waals surface area contributed by atoms with Crippen LogP contribution in [0.2, 0.25) is 0 Å². The number of nitrogens with zero attached hydrogens (tertiary/aromatic N) is 1. The SMILES string of the molecule is CC.CCCc1ccc(-c2ccc(-c3cc(NC=O)c4ccccc4n3)cc2)cc1. The van der Waals surface area contributed by atoms with E-state index in [1.807, 2.05) is 44.2 Å². The molecule has 0 bridgehead atoms. The lowest BCUT2D eigenvalue weighted by Gasteiger charge is -2.10. The molecule has 3 nitrogen and oxygen atoms in total. The van der Waals surface area contributed by atoms with E-state index in [9.17, 15) is 4.79 Å². The van der Waals surface area contributed by atoms with Gasteiger partial charge in [0.2, 0.25) is 6.41 Å². The second-order valence-electron chi connectivity index (χ2n) is 6.86. The van der Waals surface area contributed by atoms with Crippen LogP contribution in [0.4, 0.5) is 5.69 Å². The fraction of sp³-hybridized carbons (Fsp3) is 0.185. The van der Waals surface area contributed by atoms with Gasteiger partial charge in [0.15, 0.2) is 0 Å². The normalized spacial score (nSPS) is 10.2. The van der Waals surface area contributed by atoms with Crippen molar-refractivity contribution >= 4 is 23.0 Å². The molecule has 0 atom stereocenters. The van der Waals surface area contributed by atoms with E-state index >= 15 is 0 Å². The fourth-order valence-electron chi connectivity index (χ4n) is 3.49. The van der Waals surface area contributed by atoms with Gasteiger partial charge >= 0.3 is 0 Å². The van der Waals surface area contributed by atoms with Crippen molar-refractivity contribution in [3.05, 3.63) is 84.4 Å². The number of aryl methyl sites for hydroxylation is 1. The molecule has 0 aliphatic heterocycles. The van der Waals surface area contributed by atoms with Crippen molar-refractivity contribution in [2.24, 2.45) is 0 Å². The molecule has 30 heavy (non-hydrogen) atoms. The number of hydrogen-bond donors (Lipinski definition) is 1. The van der Waals surface area contributed by atoms with Gasteiger partial charge in [-0.2, -0.15) is 0 Å². The van der Waals surface area contributed by atoms with Crippen molar-refractivity contribution < 1.29 is 4.79 Å². The Labute approximate surface area is 178 Å². The lowest BCUT2D eigenvalue weighted by Crippen LogP contribution is -1.97. The van der Waals surface area contributed by atoms with Crippen LogP contribution in [-0.2, 0) is 11.2 Å². The van der Waals surface area contributed by atoms with E-state index in [1.165, 1.54) is 16.7 Å². The van der Waals surface area contributed by atoms with Gasteiger partial charge in [-0.05, 0) is 35.2 Å². The Kier molecular flexibility index (Phi) is 7.34. The third-order valence-corrected chi connectivity index (χ3v) is 4.94. The number of nitrogens with one attached hydrogen (secondary N) is 1. The van der Waals surface area contributed by atoms with Gasteiger partial charge in [0.05, 0.1) is 16.9 Å². The first-order chi connectivity index (χ1) is 14.8. The quantitative estimate of drug-likeness (QED) is 0.353. The van der Waals surface area contributed by atoms with Crippen LogP contribution in [0.3, 0.4) is 0 Å². The summed E-state index contributed by atoms with van der Waals surface area (Å²) in [5.74, 6) is 0. The summed E-state index contributed by atoms with van der Waals surface area (Å²) in [6.07, 6.45) is 2.98. The number of carbonyl (C=O) groups excluding carboxylic acids is 1. The van der Waals surface area contributed by atoms with Gasteiger partial charge in [-0.3, -0.25) is 4.79 Å². The Morgan fingerprint density at radius 1 is 0.833 bits per heavy atom. The molecule has 1 amide bonds. The lowest BCUT2D eigenvalue weighted by atomic mass is 10.00. The highest BCUT2D eigenvalue weighted by molar-refractivity contribution is 5.97. The fourth-order valence-corrected chi connectivity index (χ4v) is 3.49. The van der Waals surface area contributed by atoms with Crippen LogP contribution in [0.5, 0.6) is 0 Å². The van der Waals surface area contributed by atoms with E-state index in [0.29, 0.717) is 6.41 Å². The molecule has 1 N–H and O–H groups in total. The van der Waals surface area contributed by atoms with Crippen LogP contribution >= 0.6 is 0 Å². The number of carbonyl (C=O) groups is 1. The summed E-state index contributed by atoms with van der Waals surface area (Å²) >= 11 is 0. The molecule has 0 fully saturated rings. The molecular weight excluding hydrogens is 368 g/mol. The van der Waals surface area contributed by atoms with Crippen LogP contribution in [0.1, 0.15) is 32.8 Å². The minimum absolute atomic E-state index is 0.705. The molecule has 152 valence electrons. The van der Waals surface area contributed by atoms with Gasteiger partial charge in [-0.1, -0.05) is 93.9 Å². The summed E-state index contributed by atoms with van der Waals surface area (Å²) < 4.78 is 0. The van der Waals surface area contributed by atoms with Crippen molar-refractivity contribution in [1.82, 2.24) is 4.98 Å². The number of hydrogen-bond acceptors (Lipinski definition) is 2. The first-order valence-corrected chi connectivity index (χ1v) is 10.6. The van der Waals surface area contributed by atoms with Gasteiger partial charge in [0.25, 0.3) is 0 Å². The number of aromatic nitrogens is 1. The first kappa shape index (κ1) is 21.3. The Morgan fingerprint density at radius 3 is 2.07 bits per heavy atom. The van der Waals surface area contributed by atoms with Crippen molar-refractivity contribution in [1.29, 1.82) is 0 Å². The molecule has 1 aromatic heterocycles. The number of anilines is 1. The Morgan fingerprint density at radius 2 is 1.43 bits per heavy atom. The van der Waals surface area contributed by atoms with Crippen LogP contribution in [0, 0.1) is 0 Å². The highest BCUT2D eigenvalue weighted by Crippen LogP contribution is 2.29. The molecule has 0 unspecified atom stereocenters. The third kappa shape index (κ3) is 4.74. The van der Waals surface area contributed by atoms with Gasteiger partial charge in [0, 0.05) is 10.9 Å². The van der Waals surface area contributed by atoms with Gasteiger partial charge in [-0.15, -0.1) is 0 Å². The molecule has 0 aliphatic rings. The zero-order chi connectivity index (χ0) is 21.3. The number of rotatable bonds is 6. The van der Waals surface area contributed by atoms with Crippen molar-refractivity contribution in [3.8, 4) is 22.4 Å². The van der Waals surface area contributed by atoms with Crippen LogP contribution in [0.15, 0.2) is 78.9 Å². The average molecular weight is 397 g/mol. The van der Waals surface area contributed by atoms with Crippen molar-refractivity contribution in [2.75, 3.05) is 5.32 Å². The molecule has 1 heterocycles. The molecule has 4 rings (SSSR count). The van der Waals surface area contributed by atoms with E-state index in [-0.39, 0.29) is 0 Å². The summed E-state index contributed by atoms with van der Waals surface area (Å²) in [4.78, 5) is 15.8. The van der Waals surface area contributed by atoms with Crippen molar-refractivity contribution in [3.63, 3.8) is 0 Å². The van der Waals surface area contributed by atoms with Crippen LogP contribution in [0.25, 0.3) is 33.3 Å². The number of para-hydroxylation sites is 1. The molecule has 4 aromatic rings. The molecule has 0 spiro atoms. The first-order valence-electron chi connectivity index (χ1n) is 10.6. The summed E-state index contributed by atoms with van der Waals surface area (Å²) in [6.45, 7) is 6.20. The standard InChI is InChI=1S/C25H22N2O.C2H6/c1-2-5-18-8-10-19(11-9-18)20-12-14-21(15-13-20)24-16-25(26-17-28)22-6-3-4-7-23(22)27-24;1-2/h3-4,6-17H,2,5H2,1H3,(H,26,27,28);1-2H3. The van der Waals surface area contributed by atoms with Gasteiger partial charge in [0.1, 0.15) is 0 Å². The molecule has 3 aromatic carbocycles. The largest absolute Gasteiger partial charge is 0.328 e. The Hall–Kier alpha value is -3.46. The Bertz CT molecular complexity index is 1100. The predicted molar refractivity (Wildman–Crippen MR) is 128 cm³/mol. The second kappa shape index (κ2) is 10.4. The number of fused-ring (bicyclic) bond motifs is 1. The zero-order valence-electron chi connectivity index (χ0n) is 17.9. The predicted octanol–water partition coefficient (Wildman–Crippen LogP) is 7.12. The number of benzene rings is 3. The summed E-state index contributed by atoms with van der Waals surface area (Å²) in [7, 11) is 0. The molecule has 3 heteroatoms. The summed E-state index contributed by atoms with van der Waals surface area (Å²) in [5.41, 5.74) is 7.25. The summed E-state index contributed by atoms with van der Waals surface area (Å²) in [5, 5.41) is 3.73. The van der Waals surface area contributed by atoms with E-state index in [0.717, 1.165) is 40.7 Å². The van der Waals surface area contributed by atoms with Crippen molar-refractivity contribution in [2.45, 2.75) is 33.6 Å². The minimum Gasteiger partial charge on any atom is -0.328 e. The Balaban J connectivity index is 0.00000124. The van der Waals surface area contributed by atoms with Crippen LogP contribution in [-0.4, -0.2) is 11.4 Å². The maximum atomic E-state index is 11.0. The third-order valence-electron chi connectivity index (χ3n) is 4.94. The maximum Gasteiger partial charge on any atom is 0.211 e. The number of pyridine rings is 1. The van der Waals surface area contributed by atoms with Gasteiger partial charge < -0.3 is 5.32 Å². The summed E-state index contributed by atoms with van der Waals surface area (Å²) in [6, 6.07) is 26.9. The molecular formula is C27H28N2O. The average Bonchev–Trinajstić information content (AvgIpc) is 2.81. The van der Waals surface area contributed by atoms with E-state index < -0.39 is 0 Å². The minimum atomic E-state index is 0.705. The lowest BCUT2D eigenvalue weighted by molar-refractivity contribution is -0.105. The number of amides is 1. The van der Waals surface area contributed by atoms with Gasteiger partial charge in [-0.25, -0.2) is 4.98 Å². The molecule has 0 saturated heterocycles. The smallest absolute Gasteiger partial charge is 0.211 e. The van der Waals surface area contributed by atoms with E-state index in [1.54, 1.807) is 0 Å². The molecule has 0 aliphatic carbocycles. The van der Waals surface area contributed by atoms with E-state index in [2.05, 4.69) is 60.8 Å². The topological polar surface area (TPSA) is 42.0 Å². The molecule has 0 saturated carbocycles. The van der Waals surface area contributed by atoms with E-state index in [4.69, 9.17) is 4.98 Å². The van der Waals surface area contributed by atoms with Crippen LogP contribution < -0.4 is 5.32 Å². The maximum absolute atomic E-state index is 11.0. The monoisotopic (exact) mass is 396 g/mol. The highest BCUT2D eigenvalue weighted by atomic mass is 16.1. The molecule has 0 radical (unpaired) electrons. The zero-order valence-corrected chi connectivity index (χ0v) is 17.9. The highest BCUT2D eigenvalue weighted by Gasteiger charge is 2.08. The second-order valence-corrected chi connectivity index (χ2v) is 6.86.